The third-order valence-corrected chi connectivity index (χ3v) is 3.09. The molecule has 0 bridgehead atoms. The van der Waals surface area contributed by atoms with E-state index in [1.807, 2.05) is 31.2 Å². The number of furan rings is 1. The van der Waals surface area contributed by atoms with Crippen LogP contribution >= 0.6 is 0 Å². The molecule has 1 heterocycles. The molecule has 0 aliphatic heterocycles. The molecule has 3 N–H and O–H groups in total. The summed E-state index contributed by atoms with van der Waals surface area (Å²) in [6.07, 6.45) is 1.64. The Labute approximate surface area is 112 Å². The molecule has 1 aromatic heterocycles. The molecule has 19 heavy (non-hydrogen) atoms. The predicted octanol–water partition coefficient (Wildman–Crippen LogP) is 2.16. The lowest BCUT2D eigenvalue weighted by molar-refractivity contribution is 0.366. The highest BCUT2D eigenvalue weighted by atomic mass is 16.5. The zero-order valence-corrected chi connectivity index (χ0v) is 11.3. The first-order valence-electron chi connectivity index (χ1n) is 5.94. The van der Waals surface area contributed by atoms with E-state index in [1.54, 1.807) is 20.5 Å². The van der Waals surface area contributed by atoms with Crippen LogP contribution in [-0.2, 0) is 0 Å². The third kappa shape index (κ3) is 2.43. The Morgan fingerprint density at radius 1 is 1.16 bits per heavy atom. The van der Waals surface area contributed by atoms with E-state index in [9.17, 15) is 0 Å². The summed E-state index contributed by atoms with van der Waals surface area (Å²) in [5.41, 5.74) is 4.58. The van der Waals surface area contributed by atoms with Crippen molar-refractivity contribution in [1.29, 1.82) is 0 Å². The Balaban J connectivity index is 2.57. The molecular weight excluding hydrogens is 244 g/mol. The largest absolute Gasteiger partial charge is 0.496 e. The summed E-state index contributed by atoms with van der Waals surface area (Å²) in [4.78, 5) is 0. The number of hydrazine groups is 1. The average molecular weight is 262 g/mol. The van der Waals surface area contributed by atoms with Crippen molar-refractivity contribution >= 4 is 0 Å². The highest BCUT2D eigenvalue weighted by molar-refractivity contribution is 5.50. The predicted molar refractivity (Wildman–Crippen MR) is 72.2 cm³/mol. The van der Waals surface area contributed by atoms with E-state index in [0.717, 1.165) is 16.9 Å². The zero-order chi connectivity index (χ0) is 13.8. The Morgan fingerprint density at radius 2 is 1.79 bits per heavy atom. The van der Waals surface area contributed by atoms with Crippen molar-refractivity contribution in [2.75, 3.05) is 14.2 Å². The fraction of sp³-hybridized carbons (Fsp3) is 0.286. The molecule has 0 amide bonds. The topological polar surface area (TPSA) is 69.7 Å². The van der Waals surface area contributed by atoms with Crippen molar-refractivity contribution in [3.05, 3.63) is 47.4 Å². The smallest absolute Gasteiger partial charge is 0.129 e. The zero-order valence-electron chi connectivity index (χ0n) is 11.3. The summed E-state index contributed by atoms with van der Waals surface area (Å²) in [6.45, 7) is 1.96. The summed E-state index contributed by atoms with van der Waals surface area (Å²) in [5, 5.41) is 0. The van der Waals surface area contributed by atoms with Gasteiger partial charge in [0.25, 0.3) is 0 Å². The van der Waals surface area contributed by atoms with Gasteiger partial charge in [-0.3, -0.25) is 5.84 Å². The van der Waals surface area contributed by atoms with Crippen molar-refractivity contribution in [3.8, 4) is 11.5 Å². The molecule has 0 radical (unpaired) electrons. The van der Waals surface area contributed by atoms with E-state index in [2.05, 4.69) is 5.43 Å². The van der Waals surface area contributed by atoms with Crippen LogP contribution in [0.3, 0.4) is 0 Å². The molecule has 2 aromatic rings. The van der Waals surface area contributed by atoms with Crippen LogP contribution in [0.1, 0.15) is 22.9 Å². The molecule has 0 saturated heterocycles. The number of benzene rings is 1. The van der Waals surface area contributed by atoms with Gasteiger partial charge in [0.05, 0.1) is 26.0 Å². The van der Waals surface area contributed by atoms with Crippen LogP contribution in [0.15, 0.2) is 34.9 Å². The Hall–Kier alpha value is -1.98. The molecule has 0 saturated carbocycles. The lowest BCUT2D eigenvalue weighted by Gasteiger charge is -2.20. The first kappa shape index (κ1) is 13.5. The van der Waals surface area contributed by atoms with Crippen molar-refractivity contribution in [2.24, 2.45) is 5.84 Å². The van der Waals surface area contributed by atoms with Crippen molar-refractivity contribution in [1.82, 2.24) is 5.43 Å². The van der Waals surface area contributed by atoms with Gasteiger partial charge in [-0.05, 0) is 30.7 Å². The SMILES string of the molecule is COc1cccc(OC)c1C(NN)c1occc1C. The number of nitrogens with two attached hydrogens (primary N) is 1. The van der Waals surface area contributed by atoms with Gasteiger partial charge in [0, 0.05) is 0 Å². The fourth-order valence-electron chi connectivity index (χ4n) is 2.13. The molecule has 0 fully saturated rings. The molecular formula is C14H18N2O3. The maximum Gasteiger partial charge on any atom is 0.129 e. The number of rotatable bonds is 5. The van der Waals surface area contributed by atoms with Gasteiger partial charge in [-0.15, -0.1) is 0 Å². The number of hydrogen-bond acceptors (Lipinski definition) is 5. The molecule has 0 aliphatic rings. The second-order valence-corrected chi connectivity index (χ2v) is 4.14. The van der Waals surface area contributed by atoms with Crippen molar-refractivity contribution < 1.29 is 13.9 Å². The monoisotopic (exact) mass is 262 g/mol. The van der Waals surface area contributed by atoms with Gasteiger partial charge in [0.2, 0.25) is 0 Å². The minimum Gasteiger partial charge on any atom is -0.496 e. The summed E-state index contributed by atoms with van der Waals surface area (Å²) in [5.74, 6) is 7.82. The van der Waals surface area contributed by atoms with Crippen LogP contribution in [0.2, 0.25) is 0 Å². The van der Waals surface area contributed by atoms with Crippen molar-refractivity contribution in [2.45, 2.75) is 13.0 Å². The lowest BCUT2D eigenvalue weighted by Crippen LogP contribution is -2.29. The number of hydrogen-bond donors (Lipinski definition) is 2. The molecule has 5 nitrogen and oxygen atoms in total. The summed E-state index contributed by atoms with van der Waals surface area (Å²) in [7, 11) is 3.22. The first-order chi connectivity index (χ1) is 9.22. The van der Waals surface area contributed by atoms with E-state index < -0.39 is 0 Å². The second-order valence-electron chi connectivity index (χ2n) is 4.14. The molecule has 0 spiro atoms. The van der Waals surface area contributed by atoms with Crippen LogP contribution in [0.4, 0.5) is 0 Å². The number of ether oxygens (including phenoxy) is 2. The summed E-state index contributed by atoms with van der Waals surface area (Å²) < 4.78 is 16.3. The van der Waals surface area contributed by atoms with Gasteiger partial charge in [-0.1, -0.05) is 6.07 Å². The van der Waals surface area contributed by atoms with Gasteiger partial charge in [-0.25, -0.2) is 5.43 Å². The Kier molecular flexibility index (Phi) is 4.09. The highest BCUT2D eigenvalue weighted by Crippen LogP contribution is 2.37. The van der Waals surface area contributed by atoms with Gasteiger partial charge in [-0.2, -0.15) is 0 Å². The van der Waals surface area contributed by atoms with E-state index in [-0.39, 0.29) is 6.04 Å². The van der Waals surface area contributed by atoms with E-state index >= 15 is 0 Å². The number of methoxy groups -OCH3 is 2. The first-order valence-corrected chi connectivity index (χ1v) is 5.94. The summed E-state index contributed by atoms with van der Waals surface area (Å²) >= 11 is 0. The lowest BCUT2D eigenvalue weighted by atomic mass is 10.0. The maximum atomic E-state index is 5.69. The standard InChI is InChI=1S/C14H18N2O3/c1-9-7-8-19-14(9)13(16-15)12-10(17-2)5-4-6-11(12)18-3/h4-8,13,16H,15H2,1-3H3. The quantitative estimate of drug-likeness (QED) is 0.638. The molecule has 1 atom stereocenters. The molecule has 102 valence electrons. The van der Waals surface area contributed by atoms with Gasteiger partial charge in [0.15, 0.2) is 0 Å². The van der Waals surface area contributed by atoms with E-state index in [4.69, 9.17) is 19.7 Å². The maximum absolute atomic E-state index is 5.69. The van der Waals surface area contributed by atoms with Crippen LogP contribution in [0.5, 0.6) is 11.5 Å². The normalized spacial score (nSPS) is 12.2. The molecule has 0 aliphatic carbocycles. The minimum atomic E-state index is -0.332. The summed E-state index contributed by atoms with van der Waals surface area (Å²) in [6, 6.07) is 7.15. The van der Waals surface area contributed by atoms with E-state index in [1.165, 1.54) is 0 Å². The second kappa shape index (κ2) is 5.77. The van der Waals surface area contributed by atoms with Crippen LogP contribution in [0, 0.1) is 6.92 Å². The third-order valence-electron chi connectivity index (χ3n) is 3.09. The van der Waals surface area contributed by atoms with E-state index in [0.29, 0.717) is 11.5 Å². The molecule has 1 aromatic carbocycles. The van der Waals surface area contributed by atoms with Crippen LogP contribution in [-0.4, -0.2) is 14.2 Å². The average Bonchev–Trinajstić information content (AvgIpc) is 2.86. The minimum absolute atomic E-state index is 0.332. The van der Waals surface area contributed by atoms with Crippen molar-refractivity contribution in [3.63, 3.8) is 0 Å². The van der Waals surface area contributed by atoms with Gasteiger partial charge in [0.1, 0.15) is 23.3 Å². The Morgan fingerprint density at radius 3 is 2.21 bits per heavy atom. The molecule has 5 heteroatoms. The Bertz CT molecular complexity index is 529. The molecule has 2 rings (SSSR count). The van der Waals surface area contributed by atoms with Crippen LogP contribution < -0.4 is 20.7 Å². The molecule has 1 unspecified atom stereocenters. The highest BCUT2D eigenvalue weighted by Gasteiger charge is 2.25. The van der Waals surface area contributed by atoms with Gasteiger partial charge >= 0.3 is 0 Å². The number of nitrogens with one attached hydrogen (secondary N) is 1. The number of aryl methyl sites for hydroxylation is 1. The van der Waals surface area contributed by atoms with Crippen LogP contribution in [0.25, 0.3) is 0 Å². The van der Waals surface area contributed by atoms with Gasteiger partial charge < -0.3 is 13.9 Å². The fourth-order valence-corrected chi connectivity index (χ4v) is 2.13.